The number of nitrogens with one attached hydrogen (secondary N) is 1. The topological polar surface area (TPSA) is 66.5 Å². The molecule has 2 aromatic rings. The Morgan fingerprint density at radius 2 is 2.19 bits per heavy atom. The number of aryl methyl sites for hydroxylation is 1. The number of nitriles is 1. The molecule has 0 aliphatic carbocycles. The average molecular weight is 302 g/mol. The molecular weight excluding hydrogens is 286 g/mol. The first-order valence-corrected chi connectivity index (χ1v) is 7.50. The summed E-state index contributed by atoms with van der Waals surface area (Å²) < 4.78 is 2.21. The number of hydrogen-bond acceptors (Lipinski definition) is 4. The molecule has 6 heteroatoms. The van der Waals surface area contributed by atoms with Crippen molar-refractivity contribution in [3.63, 3.8) is 0 Å². The molecule has 0 saturated heterocycles. The fourth-order valence-electron chi connectivity index (χ4n) is 2.57. The van der Waals surface area contributed by atoms with Gasteiger partial charge in [0.2, 0.25) is 0 Å². The van der Waals surface area contributed by atoms with Crippen molar-refractivity contribution in [2.75, 3.05) is 5.32 Å². The second-order valence-corrected chi connectivity index (χ2v) is 5.56. The highest BCUT2D eigenvalue weighted by Gasteiger charge is 2.14. The molecule has 1 aliphatic rings. The maximum atomic E-state index is 8.87. The molecule has 0 radical (unpaired) electrons. The largest absolute Gasteiger partial charge is 0.378 e. The molecule has 0 saturated carbocycles. The molecule has 0 amide bonds. The second-order valence-electron chi connectivity index (χ2n) is 5.15. The molecule has 1 aromatic carbocycles. The van der Waals surface area contributed by atoms with Gasteiger partial charge in [0.05, 0.1) is 17.1 Å². The van der Waals surface area contributed by atoms with Crippen LogP contribution in [-0.2, 0) is 19.5 Å². The number of anilines is 1. The third-order valence-electron chi connectivity index (χ3n) is 3.73. The van der Waals surface area contributed by atoms with Crippen molar-refractivity contribution in [2.24, 2.45) is 0 Å². The molecule has 1 aromatic heterocycles. The highest BCUT2D eigenvalue weighted by molar-refractivity contribution is 6.32. The van der Waals surface area contributed by atoms with Crippen molar-refractivity contribution in [1.29, 1.82) is 5.26 Å². The second kappa shape index (κ2) is 6.15. The summed E-state index contributed by atoms with van der Waals surface area (Å²) in [5.74, 6) is 2.04. The fraction of sp³-hybridized carbons (Fsp3) is 0.400. The first-order chi connectivity index (χ1) is 10.3. The molecule has 0 spiro atoms. The molecule has 0 fully saturated rings. The quantitative estimate of drug-likeness (QED) is 0.945. The van der Waals surface area contributed by atoms with Gasteiger partial charge in [0.15, 0.2) is 5.82 Å². The zero-order valence-electron chi connectivity index (χ0n) is 11.6. The van der Waals surface area contributed by atoms with E-state index < -0.39 is 0 Å². The van der Waals surface area contributed by atoms with Crippen molar-refractivity contribution < 1.29 is 0 Å². The number of fused-ring (bicyclic) bond motifs is 1. The smallest absolute Gasteiger partial charge is 0.152 e. The van der Waals surface area contributed by atoms with Crippen LogP contribution in [0.4, 0.5) is 5.69 Å². The Morgan fingerprint density at radius 3 is 3.00 bits per heavy atom. The number of hydrogen-bond donors (Lipinski definition) is 1. The minimum atomic E-state index is 0.461. The number of halogens is 1. The molecule has 2 heterocycles. The lowest BCUT2D eigenvalue weighted by atomic mass is 10.2. The first kappa shape index (κ1) is 13.9. The lowest BCUT2D eigenvalue weighted by Crippen LogP contribution is -2.10. The molecule has 1 aliphatic heterocycles. The fourth-order valence-corrected chi connectivity index (χ4v) is 2.80. The third-order valence-corrected chi connectivity index (χ3v) is 4.04. The summed E-state index contributed by atoms with van der Waals surface area (Å²) >= 11 is 6.03. The van der Waals surface area contributed by atoms with Crippen molar-refractivity contribution in [3.8, 4) is 6.07 Å². The Bertz CT molecular complexity index is 686. The van der Waals surface area contributed by atoms with Crippen LogP contribution in [-0.4, -0.2) is 14.8 Å². The van der Waals surface area contributed by atoms with Gasteiger partial charge in [0, 0.05) is 18.7 Å². The van der Waals surface area contributed by atoms with E-state index >= 15 is 0 Å². The zero-order valence-corrected chi connectivity index (χ0v) is 12.4. The van der Waals surface area contributed by atoms with Crippen LogP contribution in [0.5, 0.6) is 0 Å². The van der Waals surface area contributed by atoms with Gasteiger partial charge in [-0.25, -0.2) is 0 Å². The van der Waals surface area contributed by atoms with E-state index in [-0.39, 0.29) is 0 Å². The summed E-state index contributed by atoms with van der Waals surface area (Å²) in [5, 5.41) is 21.2. The van der Waals surface area contributed by atoms with Crippen LogP contribution in [0.15, 0.2) is 18.2 Å². The number of benzene rings is 1. The van der Waals surface area contributed by atoms with Gasteiger partial charge < -0.3 is 9.88 Å². The normalized spacial score (nSPS) is 14.1. The molecule has 1 N–H and O–H groups in total. The maximum Gasteiger partial charge on any atom is 0.152 e. The van der Waals surface area contributed by atoms with Crippen molar-refractivity contribution >= 4 is 17.3 Å². The zero-order chi connectivity index (χ0) is 14.7. The molecular formula is C15H16ClN5. The Hall–Kier alpha value is -2.06. The van der Waals surface area contributed by atoms with Gasteiger partial charge in [-0.05, 0) is 31.0 Å². The van der Waals surface area contributed by atoms with Crippen LogP contribution in [0.2, 0.25) is 5.02 Å². The standard InChI is InChI=1S/C15H16ClN5/c16-13-8-12(6-5-11(13)9-17)18-10-15-20-19-14-4-2-1-3-7-21(14)15/h5-6,8,18H,1-4,7,10H2. The third kappa shape index (κ3) is 3.01. The summed E-state index contributed by atoms with van der Waals surface area (Å²) in [5.41, 5.74) is 1.36. The van der Waals surface area contributed by atoms with E-state index in [1.54, 1.807) is 12.1 Å². The van der Waals surface area contributed by atoms with E-state index in [2.05, 4.69) is 26.2 Å². The molecule has 108 valence electrons. The van der Waals surface area contributed by atoms with Gasteiger partial charge in [-0.1, -0.05) is 18.0 Å². The van der Waals surface area contributed by atoms with Gasteiger partial charge in [0.25, 0.3) is 0 Å². The van der Waals surface area contributed by atoms with Crippen LogP contribution in [0.25, 0.3) is 0 Å². The van der Waals surface area contributed by atoms with Crippen LogP contribution in [0.3, 0.4) is 0 Å². The average Bonchev–Trinajstić information content (AvgIpc) is 2.72. The maximum absolute atomic E-state index is 8.87. The molecule has 3 rings (SSSR count). The van der Waals surface area contributed by atoms with Crippen LogP contribution in [0.1, 0.15) is 36.5 Å². The summed E-state index contributed by atoms with van der Waals surface area (Å²) in [6.07, 6.45) is 4.63. The number of rotatable bonds is 3. The highest BCUT2D eigenvalue weighted by Crippen LogP contribution is 2.21. The molecule has 0 atom stereocenters. The predicted octanol–water partition coefficient (Wildman–Crippen LogP) is 3.14. The van der Waals surface area contributed by atoms with Gasteiger partial charge >= 0.3 is 0 Å². The number of nitrogens with zero attached hydrogens (tertiary/aromatic N) is 4. The van der Waals surface area contributed by atoms with Crippen LogP contribution >= 0.6 is 11.6 Å². The molecule has 21 heavy (non-hydrogen) atoms. The SMILES string of the molecule is N#Cc1ccc(NCc2nnc3n2CCCCC3)cc1Cl. The van der Waals surface area contributed by atoms with Crippen LogP contribution < -0.4 is 5.32 Å². The van der Waals surface area contributed by atoms with Crippen molar-refractivity contribution in [1.82, 2.24) is 14.8 Å². The van der Waals surface area contributed by atoms with Gasteiger partial charge in [-0.2, -0.15) is 5.26 Å². The molecule has 0 bridgehead atoms. The monoisotopic (exact) mass is 301 g/mol. The van der Waals surface area contributed by atoms with Gasteiger partial charge in [-0.3, -0.25) is 0 Å². The minimum absolute atomic E-state index is 0.461. The summed E-state index contributed by atoms with van der Waals surface area (Å²) in [6, 6.07) is 7.39. The summed E-state index contributed by atoms with van der Waals surface area (Å²) in [4.78, 5) is 0. The van der Waals surface area contributed by atoms with E-state index in [9.17, 15) is 0 Å². The Balaban J connectivity index is 1.72. The van der Waals surface area contributed by atoms with E-state index in [1.165, 1.54) is 19.3 Å². The summed E-state index contributed by atoms with van der Waals surface area (Å²) in [7, 11) is 0. The Labute approximate surface area is 128 Å². The summed E-state index contributed by atoms with van der Waals surface area (Å²) in [6.45, 7) is 1.60. The predicted molar refractivity (Wildman–Crippen MR) is 81.1 cm³/mol. The van der Waals surface area contributed by atoms with E-state index in [1.807, 2.05) is 6.07 Å². The number of aromatic nitrogens is 3. The Kier molecular flexibility index (Phi) is 4.07. The van der Waals surface area contributed by atoms with Crippen LogP contribution in [0, 0.1) is 11.3 Å². The lowest BCUT2D eigenvalue weighted by Gasteiger charge is -2.09. The van der Waals surface area contributed by atoms with Gasteiger partial charge in [0.1, 0.15) is 11.9 Å². The van der Waals surface area contributed by atoms with E-state index in [0.29, 0.717) is 17.1 Å². The lowest BCUT2D eigenvalue weighted by molar-refractivity contribution is 0.610. The molecule has 0 unspecified atom stereocenters. The Morgan fingerprint density at radius 1 is 1.29 bits per heavy atom. The van der Waals surface area contributed by atoms with E-state index in [4.69, 9.17) is 16.9 Å². The van der Waals surface area contributed by atoms with Gasteiger partial charge in [-0.15, -0.1) is 10.2 Å². The minimum Gasteiger partial charge on any atom is -0.378 e. The first-order valence-electron chi connectivity index (χ1n) is 7.12. The van der Waals surface area contributed by atoms with E-state index in [0.717, 1.165) is 30.3 Å². The van der Waals surface area contributed by atoms with Crippen molar-refractivity contribution in [3.05, 3.63) is 40.4 Å². The molecule has 5 nitrogen and oxygen atoms in total. The highest BCUT2D eigenvalue weighted by atomic mass is 35.5. The van der Waals surface area contributed by atoms with Crippen molar-refractivity contribution in [2.45, 2.75) is 38.8 Å².